The van der Waals surface area contributed by atoms with Gasteiger partial charge >= 0.3 is 5.97 Å². The summed E-state index contributed by atoms with van der Waals surface area (Å²) >= 11 is 0. The maximum atomic E-state index is 11.7. The summed E-state index contributed by atoms with van der Waals surface area (Å²) < 4.78 is 28.5. The number of rotatable bonds is 7. The first kappa shape index (κ1) is 13.4. The molecule has 0 aromatic carbocycles. The van der Waals surface area contributed by atoms with Gasteiger partial charge in [0.1, 0.15) is 5.94 Å². The smallest absolute Gasteiger partial charge is 0.322 e. The molecule has 0 spiro atoms. The number of carbonyl (C=O) groups is 1. The average molecular weight is 250 g/mol. The lowest BCUT2D eigenvalue weighted by Crippen LogP contribution is -2.37. The van der Waals surface area contributed by atoms with Crippen LogP contribution in [-0.2, 0) is 19.4 Å². The molecule has 16 heavy (non-hydrogen) atoms. The molecule has 5 nitrogen and oxygen atoms in total. The van der Waals surface area contributed by atoms with Crippen molar-refractivity contribution >= 4 is 15.8 Å². The van der Waals surface area contributed by atoms with Crippen LogP contribution in [-0.4, -0.2) is 37.3 Å². The number of hydrogen-bond donors (Lipinski definition) is 1. The predicted molar refractivity (Wildman–Crippen MR) is 58.7 cm³/mol. The molecule has 1 unspecified atom stereocenters. The lowest BCUT2D eigenvalue weighted by molar-refractivity contribution is -0.137. The molecule has 0 aromatic rings. The van der Waals surface area contributed by atoms with E-state index in [2.05, 4.69) is 0 Å². The molecular formula is C10H18O5S. The third-order valence-corrected chi connectivity index (χ3v) is 4.55. The first-order chi connectivity index (χ1) is 7.34. The summed E-state index contributed by atoms with van der Waals surface area (Å²) in [5.41, 5.74) is 0. The van der Waals surface area contributed by atoms with Gasteiger partial charge in [0, 0.05) is 0 Å². The van der Waals surface area contributed by atoms with Crippen LogP contribution in [0.3, 0.4) is 0 Å². The molecule has 0 heterocycles. The van der Waals surface area contributed by atoms with E-state index in [-0.39, 0.29) is 0 Å². The summed E-state index contributed by atoms with van der Waals surface area (Å²) in [5, 5.41) is 7.50. The second-order valence-electron chi connectivity index (χ2n) is 4.60. The third-order valence-electron chi connectivity index (χ3n) is 2.53. The van der Waals surface area contributed by atoms with E-state index in [0.29, 0.717) is 12.5 Å². The molecule has 1 fully saturated rings. The van der Waals surface area contributed by atoms with Crippen molar-refractivity contribution in [1.82, 2.24) is 0 Å². The molecular weight excluding hydrogens is 232 g/mol. The van der Waals surface area contributed by atoms with E-state index in [0.717, 1.165) is 12.8 Å². The predicted octanol–water partition coefficient (Wildman–Crippen LogP) is 0.895. The van der Waals surface area contributed by atoms with Gasteiger partial charge in [0.25, 0.3) is 0 Å². The summed E-state index contributed by atoms with van der Waals surface area (Å²) in [6.07, 6.45) is 2.15. The van der Waals surface area contributed by atoms with Crippen molar-refractivity contribution in [3.63, 3.8) is 0 Å². The molecule has 1 aliphatic rings. The first-order valence-electron chi connectivity index (χ1n) is 5.36. The van der Waals surface area contributed by atoms with Crippen LogP contribution in [0.15, 0.2) is 0 Å². The van der Waals surface area contributed by atoms with Gasteiger partial charge in [-0.3, -0.25) is 4.79 Å². The van der Waals surface area contributed by atoms with E-state index < -0.39 is 32.9 Å². The van der Waals surface area contributed by atoms with E-state index in [4.69, 9.17) is 9.84 Å². The van der Waals surface area contributed by atoms with Gasteiger partial charge in [0.15, 0.2) is 15.1 Å². The van der Waals surface area contributed by atoms with Gasteiger partial charge in [-0.25, -0.2) is 8.42 Å². The minimum absolute atomic E-state index is 0.420. The van der Waals surface area contributed by atoms with Gasteiger partial charge in [-0.2, -0.15) is 0 Å². The highest BCUT2D eigenvalue weighted by molar-refractivity contribution is 7.92. The van der Waals surface area contributed by atoms with Crippen molar-refractivity contribution in [2.45, 2.75) is 31.9 Å². The zero-order chi connectivity index (χ0) is 12.3. The van der Waals surface area contributed by atoms with Crippen LogP contribution in [0.25, 0.3) is 0 Å². The van der Waals surface area contributed by atoms with E-state index in [1.54, 1.807) is 13.8 Å². The number of sulfone groups is 1. The Labute approximate surface area is 95.7 Å². The van der Waals surface area contributed by atoms with Crippen LogP contribution in [0.5, 0.6) is 0 Å². The summed E-state index contributed by atoms with van der Waals surface area (Å²) in [6, 6.07) is 0. The Morgan fingerprint density at radius 2 is 2.00 bits per heavy atom. The van der Waals surface area contributed by atoms with Crippen LogP contribution in [0.4, 0.5) is 0 Å². The van der Waals surface area contributed by atoms with Crippen LogP contribution in [0.2, 0.25) is 0 Å². The second-order valence-corrected chi connectivity index (χ2v) is 6.67. The molecule has 0 aliphatic heterocycles. The lowest BCUT2D eigenvalue weighted by atomic mass is 10.1. The third kappa shape index (κ3) is 3.75. The normalized spacial score (nSPS) is 18.7. The summed E-state index contributed by atoms with van der Waals surface area (Å²) in [7, 11) is -3.71. The Morgan fingerprint density at radius 3 is 2.38 bits per heavy atom. The molecule has 1 N–H and O–H groups in total. The highest BCUT2D eigenvalue weighted by Crippen LogP contribution is 2.29. The van der Waals surface area contributed by atoms with E-state index in [1.807, 2.05) is 0 Å². The fourth-order valence-corrected chi connectivity index (χ4v) is 3.15. The molecule has 94 valence electrons. The van der Waals surface area contributed by atoms with Crippen LogP contribution in [0, 0.1) is 11.8 Å². The van der Waals surface area contributed by atoms with Crippen LogP contribution >= 0.6 is 0 Å². The highest BCUT2D eigenvalue weighted by Gasteiger charge is 2.35. The quantitative estimate of drug-likeness (QED) is 0.726. The number of hydrogen-bond acceptors (Lipinski definition) is 4. The number of carboxylic acid groups (broad SMARTS) is 1. The number of carboxylic acids is 1. The minimum Gasteiger partial charge on any atom is -0.480 e. The minimum atomic E-state index is -3.71. The largest absolute Gasteiger partial charge is 0.480 e. The zero-order valence-electron chi connectivity index (χ0n) is 9.55. The first-order valence-corrected chi connectivity index (χ1v) is 7.08. The Hall–Kier alpha value is -0.620. The zero-order valence-corrected chi connectivity index (χ0v) is 10.4. The van der Waals surface area contributed by atoms with Crippen molar-refractivity contribution in [2.75, 3.05) is 12.5 Å². The van der Waals surface area contributed by atoms with E-state index >= 15 is 0 Å². The van der Waals surface area contributed by atoms with Crippen molar-refractivity contribution in [3.8, 4) is 0 Å². The average Bonchev–Trinajstić information content (AvgIpc) is 2.84. The molecule has 1 saturated carbocycles. The molecule has 1 aliphatic carbocycles. The maximum Gasteiger partial charge on any atom is 0.322 e. The van der Waals surface area contributed by atoms with Crippen LogP contribution in [0.1, 0.15) is 26.7 Å². The maximum absolute atomic E-state index is 11.7. The molecule has 0 amide bonds. The van der Waals surface area contributed by atoms with Crippen molar-refractivity contribution in [1.29, 1.82) is 0 Å². The molecule has 1 rings (SSSR count). The number of aliphatic carboxylic acids is 1. The van der Waals surface area contributed by atoms with Gasteiger partial charge in [-0.15, -0.1) is 0 Å². The van der Waals surface area contributed by atoms with Gasteiger partial charge in [-0.1, -0.05) is 13.8 Å². The Kier molecular flexibility index (Phi) is 4.32. The Morgan fingerprint density at radius 1 is 1.44 bits per heavy atom. The fourth-order valence-electron chi connectivity index (χ4n) is 1.54. The van der Waals surface area contributed by atoms with Crippen molar-refractivity contribution in [3.05, 3.63) is 0 Å². The molecule has 0 bridgehead atoms. The molecule has 6 heteroatoms. The molecule has 0 saturated heterocycles. The van der Waals surface area contributed by atoms with Crippen LogP contribution < -0.4 is 0 Å². The summed E-state index contributed by atoms with van der Waals surface area (Å²) in [5.74, 6) is -1.77. The fraction of sp³-hybridized carbons (Fsp3) is 0.900. The SMILES string of the molecule is CC(C)C(C(=O)O)S(=O)(=O)COCC1CC1. The monoisotopic (exact) mass is 250 g/mol. The van der Waals surface area contributed by atoms with Gasteiger partial charge in [0.05, 0.1) is 6.61 Å². The second kappa shape index (κ2) is 5.14. The Balaban J connectivity index is 2.54. The molecule has 0 radical (unpaired) electrons. The van der Waals surface area contributed by atoms with E-state index in [1.165, 1.54) is 0 Å². The highest BCUT2D eigenvalue weighted by atomic mass is 32.2. The van der Waals surface area contributed by atoms with Crippen molar-refractivity contribution in [2.24, 2.45) is 11.8 Å². The van der Waals surface area contributed by atoms with Gasteiger partial charge in [-0.05, 0) is 24.7 Å². The number of ether oxygens (including phenoxy) is 1. The van der Waals surface area contributed by atoms with Gasteiger partial charge in [0.2, 0.25) is 0 Å². The standard InChI is InChI=1S/C10H18O5S/c1-7(2)9(10(11)12)16(13,14)6-15-5-8-3-4-8/h7-9H,3-6H2,1-2H3,(H,11,12). The summed E-state index contributed by atoms with van der Waals surface area (Å²) in [6.45, 7) is 3.58. The van der Waals surface area contributed by atoms with E-state index in [9.17, 15) is 13.2 Å². The molecule has 0 aromatic heterocycles. The Bertz CT molecular complexity index is 342. The lowest BCUT2D eigenvalue weighted by Gasteiger charge is -2.16. The van der Waals surface area contributed by atoms with Crippen molar-refractivity contribution < 1.29 is 23.1 Å². The topological polar surface area (TPSA) is 80.7 Å². The van der Waals surface area contributed by atoms with Gasteiger partial charge < -0.3 is 9.84 Å². The molecule has 1 atom stereocenters. The summed E-state index contributed by atoms with van der Waals surface area (Å²) in [4.78, 5) is 10.9.